The molecule has 0 bridgehead atoms. The lowest BCUT2D eigenvalue weighted by Crippen LogP contribution is -2.35. The van der Waals surface area contributed by atoms with Gasteiger partial charge in [0.15, 0.2) is 5.43 Å². The lowest BCUT2D eigenvalue weighted by atomic mass is 9.82. The van der Waals surface area contributed by atoms with Gasteiger partial charge in [-0.25, -0.2) is 4.79 Å². The highest BCUT2D eigenvalue weighted by Crippen LogP contribution is 2.51. The van der Waals surface area contributed by atoms with Crippen LogP contribution in [-0.4, -0.2) is 42.6 Å². The van der Waals surface area contributed by atoms with E-state index in [-0.39, 0.29) is 41.0 Å². The average Bonchev–Trinajstić information content (AvgIpc) is 3.14. The number of allylic oxidation sites excluding steroid dienone is 3. The van der Waals surface area contributed by atoms with Crippen LogP contribution >= 0.6 is 12.6 Å². The van der Waals surface area contributed by atoms with E-state index in [1.54, 1.807) is 19.2 Å². The van der Waals surface area contributed by atoms with E-state index >= 15 is 0 Å². The Morgan fingerprint density at radius 3 is 2.62 bits per heavy atom. The van der Waals surface area contributed by atoms with Crippen molar-refractivity contribution in [2.45, 2.75) is 72.9 Å². The van der Waals surface area contributed by atoms with E-state index in [2.05, 4.69) is 63.2 Å². The van der Waals surface area contributed by atoms with Crippen LogP contribution in [0.2, 0.25) is 0 Å². The van der Waals surface area contributed by atoms with Crippen LogP contribution in [0.4, 0.5) is 0 Å². The number of likely N-dealkylation sites (N-methyl/N-ethyl adjacent to an activating group) is 1. The molecule has 204 valence electrons. The normalized spacial score (nSPS) is 25.0. The quantitative estimate of drug-likeness (QED) is 0.296. The van der Waals surface area contributed by atoms with Crippen molar-refractivity contribution in [3.8, 4) is 0 Å². The molecular weight excluding hydrogens is 484 g/mol. The number of carbonyl (C=O) groups excluding carboxylic acids is 1. The van der Waals surface area contributed by atoms with Crippen LogP contribution < -0.4 is 10.7 Å². The lowest BCUT2D eigenvalue weighted by Gasteiger charge is -2.36. The summed E-state index contributed by atoms with van der Waals surface area (Å²) in [4.78, 5) is 26.2. The highest BCUT2D eigenvalue weighted by molar-refractivity contribution is 7.80. The Kier molecular flexibility index (Phi) is 9.92. The molecule has 1 N–H and O–H groups in total. The predicted octanol–water partition coefficient (Wildman–Crippen LogP) is 5.81. The number of rotatable bonds is 10. The zero-order valence-electron chi connectivity index (χ0n) is 23.5. The van der Waals surface area contributed by atoms with Gasteiger partial charge in [0.05, 0.1) is 19.3 Å². The maximum absolute atomic E-state index is 13.4. The molecule has 0 spiro atoms. The molecule has 0 aliphatic heterocycles. The highest BCUT2D eigenvalue weighted by atomic mass is 32.1. The second kappa shape index (κ2) is 12.5. The third-order valence-electron chi connectivity index (χ3n) is 7.93. The molecule has 2 aliphatic rings. The zero-order valence-corrected chi connectivity index (χ0v) is 24.4. The molecule has 0 saturated heterocycles. The summed E-state index contributed by atoms with van der Waals surface area (Å²) in [6.07, 6.45) is 11.0. The lowest BCUT2D eigenvalue weighted by molar-refractivity contribution is 0.0522. The number of nitrogens with zero attached hydrogens (tertiary/aromatic N) is 1. The SMILES string of the molecule is CCOC(=O)c1cn(C2C(C)CCC2(C)C)c(/C(=C2\C=CC=C(OCCS)C2NC)C(C)CC)cc1=O. The Morgan fingerprint density at radius 2 is 2.05 bits per heavy atom. The summed E-state index contributed by atoms with van der Waals surface area (Å²) in [7, 11) is 1.93. The van der Waals surface area contributed by atoms with E-state index in [1.807, 2.05) is 19.2 Å². The monoisotopic (exact) mass is 528 g/mol. The Morgan fingerprint density at radius 1 is 1.32 bits per heavy atom. The molecule has 4 unspecified atom stereocenters. The van der Waals surface area contributed by atoms with Gasteiger partial charge in [-0.15, -0.1) is 0 Å². The number of hydrogen-bond donors (Lipinski definition) is 2. The van der Waals surface area contributed by atoms with Crippen molar-refractivity contribution in [3.05, 3.63) is 63.3 Å². The minimum absolute atomic E-state index is 0.00590. The number of hydrogen-bond acceptors (Lipinski definition) is 6. The number of nitrogens with one attached hydrogen (secondary N) is 1. The second-order valence-corrected chi connectivity index (χ2v) is 11.4. The van der Waals surface area contributed by atoms with Crippen LogP contribution in [0.3, 0.4) is 0 Å². The van der Waals surface area contributed by atoms with E-state index in [4.69, 9.17) is 9.47 Å². The van der Waals surface area contributed by atoms with Crippen molar-refractivity contribution >= 4 is 24.2 Å². The third kappa shape index (κ3) is 6.09. The van der Waals surface area contributed by atoms with E-state index < -0.39 is 5.97 Å². The number of esters is 1. The molecule has 37 heavy (non-hydrogen) atoms. The van der Waals surface area contributed by atoms with Gasteiger partial charge in [-0.05, 0) is 67.7 Å². The number of thiol groups is 1. The van der Waals surface area contributed by atoms with Crippen molar-refractivity contribution in [1.29, 1.82) is 0 Å². The fraction of sp³-hybridized carbons (Fsp3) is 0.600. The summed E-state index contributed by atoms with van der Waals surface area (Å²) in [6, 6.07) is 1.64. The van der Waals surface area contributed by atoms with Gasteiger partial charge in [0, 0.05) is 29.8 Å². The number of carbonyl (C=O) groups is 1. The standard InChI is InChI=1S/C30H44N2O4S/c1-8-19(3)26(21-11-10-12-25(27(21)31-7)36-15-16-37)23-17-24(33)22(29(34)35-9-2)18-32(23)28-20(4)13-14-30(28,5)6/h10-12,17-20,27-28,31,37H,8-9,13-16H2,1-7H3/b26-21+. The smallest absolute Gasteiger partial charge is 0.343 e. The van der Waals surface area contributed by atoms with Gasteiger partial charge in [0.2, 0.25) is 0 Å². The van der Waals surface area contributed by atoms with Crippen LogP contribution in [0, 0.1) is 17.3 Å². The Labute approximate surface area is 227 Å². The maximum Gasteiger partial charge on any atom is 0.343 e. The van der Waals surface area contributed by atoms with Gasteiger partial charge >= 0.3 is 5.97 Å². The van der Waals surface area contributed by atoms with Gasteiger partial charge in [-0.3, -0.25) is 4.79 Å². The first-order valence-electron chi connectivity index (χ1n) is 13.6. The molecule has 0 radical (unpaired) electrons. The molecule has 1 fully saturated rings. The number of ether oxygens (including phenoxy) is 2. The van der Waals surface area contributed by atoms with Crippen molar-refractivity contribution < 1.29 is 14.3 Å². The van der Waals surface area contributed by atoms with Crippen LogP contribution in [0.25, 0.3) is 5.57 Å². The molecule has 0 amide bonds. The maximum atomic E-state index is 13.4. The van der Waals surface area contributed by atoms with Gasteiger partial charge in [0.1, 0.15) is 11.3 Å². The van der Waals surface area contributed by atoms with Gasteiger partial charge in [-0.2, -0.15) is 12.6 Å². The summed E-state index contributed by atoms with van der Waals surface area (Å²) >= 11 is 4.31. The minimum Gasteiger partial charge on any atom is -0.495 e. The Hall–Kier alpha value is -2.25. The third-order valence-corrected chi connectivity index (χ3v) is 8.11. The first kappa shape index (κ1) is 29.3. The molecule has 2 aliphatic carbocycles. The number of aromatic nitrogens is 1. The summed E-state index contributed by atoms with van der Waals surface area (Å²) in [5.74, 6) is 1.45. The van der Waals surface area contributed by atoms with E-state index in [9.17, 15) is 9.59 Å². The van der Waals surface area contributed by atoms with Gasteiger partial charge in [0.25, 0.3) is 0 Å². The largest absolute Gasteiger partial charge is 0.495 e. The Bertz CT molecular complexity index is 1130. The minimum atomic E-state index is -0.565. The summed E-state index contributed by atoms with van der Waals surface area (Å²) in [6.45, 7) is 13.7. The molecule has 6 nitrogen and oxygen atoms in total. The molecule has 1 aromatic rings. The molecule has 0 aromatic carbocycles. The first-order chi connectivity index (χ1) is 17.6. The van der Waals surface area contributed by atoms with Crippen molar-refractivity contribution in [2.75, 3.05) is 26.0 Å². The Balaban J connectivity index is 2.34. The van der Waals surface area contributed by atoms with Gasteiger partial charge < -0.3 is 19.4 Å². The topological polar surface area (TPSA) is 69.6 Å². The van der Waals surface area contributed by atoms with Crippen LogP contribution in [-0.2, 0) is 9.47 Å². The van der Waals surface area contributed by atoms with Crippen LogP contribution in [0.15, 0.2) is 46.6 Å². The van der Waals surface area contributed by atoms with Crippen molar-refractivity contribution in [2.24, 2.45) is 17.3 Å². The average molecular weight is 529 g/mol. The van der Waals surface area contributed by atoms with E-state index in [0.717, 1.165) is 41.9 Å². The zero-order chi connectivity index (χ0) is 27.3. The number of pyridine rings is 1. The summed E-state index contributed by atoms with van der Waals surface area (Å²) in [5.41, 5.74) is 2.84. The van der Waals surface area contributed by atoms with Crippen LogP contribution in [0.1, 0.15) is 82.9 Å². The highest BCUT2D eigenvalue weighted by Gasteiger charge is 2.42. The first-order valence-corrected chi connectivity index (χ1v) is 14.2. The molecule has 4 atom stereocenters. The summed E-state index contributed by atoms with van der Waals surface area (Å²) in [5, 5.41) is 3.43. The molecule has 7 heteroatoms. The predicted molar refractivity (Wildman–Crippen MR) is 154 cm³/mol. The van der Waals surface area contributed by atoms with E-state index in [1.165, 1.54) is 0 Å². The fourth-order valence-electron chi connectivity index (χ4n) is 6.00. The molecule has 3 rings (SSSR count). The van der Waals surface area contributed by atoms with Crippen molar-refractivity contribution in [1.82, 2.24) is 9.88 Å². The summed E-state index contributed by atoms with van der Waals surface area (Å²) < 4.78 is 13.5. The molecule has 1 saturated carbocycles. The fourth-order valence-corrected chi connectivity index (χ4v) is 6.09. The molecular formula is C30H44N2O4S. The van der Waals surface area contributed by atoms with Crippen molar-refractivity contribution in [3.63, 3.8) is 0 Å². The molecule has 1 aromatic heterocycles. The van der Waals surface area contributed by atoms with Crippen LogP contribution in [0.5, 0.6) is 0 Å². The molecule has 1 heterocycles. The van der Waals surface area contributed by atoms with Gasteiger partial charge in [-0.1, -0.05) is 46.8 Å². The van der Waals surface area contributed by atoms with E-state index in [0.29, 0.717) is 18.3 Å². The second-order valence-electron chi connectivity index (χ2n) is 10.9.